The predicted octanol–water partition coefficient (Wildman–Crippen LogP) is 5.11. The van der Waals surface area contributed by atoms with Crippen molar-refractivity contribution in [3.63, 3.8) is 0 Å². The van der Waals surface area contributed by atoms with Crippen LogP contribution >= 0.6 is 11.6 Å². The van der Waals surface area contributed by atoms with Gasteiger partial charge in [-0.05, 0) is 36.8 Å². The van der Waals surface area contributed by atoms with E-state index in [1.54, 1.807) is 0 Å². The molecule has 3 aromatic rings. The molecule has 0 unspecified atom stereocenters. The van der Waals surface area contributed by atoms with Gasteiger partial charge in [0.1, 0.15) is 0 Å². The van der Waals surface area contributed by atoms with E-state index in [1.165, 1.54) is 11.1 Å². The van der Waals surface area contributed by atoms with Gasteiger partial charge in [-0.1, -0.05) is 58.7 Å². The number of aromatic nitrogens is 2. The second kappa shape index (κ2) is 7.18. The SMILES string of the molecule is Cc1ccc(CN2C=C(c3nc(-c4ccc(Cl)cc4)no3)C=CC2)cc1. The first-order valence-electron chi connectivity index (χ1n) is 8.45. The zero-order chi connectivity index (χ0) is 17.9. The Kier molecular flexibility index (Phi) is 4.59. The number of benzene rings is 2. The number of rotatable bonds is 4. The van der Waals surface area contributed by atoms with E-state index in [1.807, 2.05) is 30.3 Å². The van der Waals surface area contributed by atoms with Crippen LogP contribution in [0.1, 0.15) is 17.0 Å². The fraction of sp³-hybridized carbons (Fsp3) is 0.143. The lowest BCUT2D eigenvalue weighted by atomic mass is 10.1. The van der Waals surface area contributed by atoms with E-state index in [9.17, 15) is 0 Å². The monoisotopic (exact) mass is 363 g/mol. The quantitative estimate of drug-likeness (QED) is 0.645. The smallest absolute Gasteiger partial charge is 0.259 e. The molecule has 4 rings (SSSR count). The highest BCUT2D eigenvalue weighted by Gasteiger charge is 2.15. The Hall–Kier alpha value is -2.85. The Morgan fingerprint density at radius 2 is 1.85 bits per heavy atom. The Morgan fingerprint density at radius 3 is 2.62 bits per heavy atom. The van der Waals surface area contributed by atoms with E-state index in [-0.39, 0.29) is 0 Å². The first-order valence-corrected chi connectivity index (χ1v) is 8.83. The van der Waals surface area contributed by atoms with Gasteiger partial charge in [-0.15, -0.1) is 0 Å². The van der Waals surface area contributed by atoms with E-state index in [4.69, 9.17) is 16.1 Å². The fourth-order valence-electron chi connectivity index (χ4n) is 2.83. The highest BCUT2D eigenvalue weighted by molar-refractivity contribution is 6.30. The number of allylic oxidation sites excluding steroid dienone is 2. The molecule has 0 N–H and O–H groups in total. The van der Waals surface area contributed by atoms with Crippen LogP contribution in [-0.4, -0.2) is 21.6 Å². The van der Waals surface area contributed by atoms with Crippen molar-refractivity contribution in [2.75, 3.05) is 6.54 Å². The molecule has 1 aliphatic rings. The summed E-state index contributed by atoms with van der Waals surface area (Å²) in [4.78, 5) is 6.75. The van der Waals surface area contributed by atoms with E-state index >= 15 is 0 Å². The van der Waals surface area contributed by atoms with Gasteiger partial charge in [0.05, 0.1) is 5.57 Å². The first kappa shape index (κ1) is 16.6. The maximum atomic E-state index is 5.93. The lowest BCUT2D eigenvalue weighted by molar-refractivity contribution is 0.393. The summed E-state index contributed by atoms with van der Waals surface area (Å²) in [5.41, 5.74) is 4.33. The topological polar surface area (TPSA) is 42.2 Å². The standard InChI is InChI=1S/C21H18ClN3O/c1-15-4-6-16(7-5-15)13-25-12-2-3-18(14-25)21-23-20(24-26-21)17-8-10-19(22)11-9-17/h2-11,14H,12-13H2,1H3. The number of aryl methyl sites for hydroxylation is 1. The third-order valence-corrected chi connectivity index (χ3v) is 4.49. The molecule has 0 spiro atoms. The molecule has 5 heteroatoms. The lowest BCUT2D eigenvalue weighted by Gasteiger charge is -2.22. The molecule has 0 bridgehead atoms. The summed E-state index contributed by atoms with van der Waals surface area (Å²) in [6.07, 6.45) is 6.19. The minimum Gasteiger partial charge on any atom is -0.369 e. The molecule has 0 radical (unpaired) electrons. The average molecular weight is 364 g/mol. The highest BCUT2D eigenvalue weighted by atomic mass is 35.5. The molecular formula is C21H18ClN3O. The summed E-state index contributed by atoms with van der Waals surface area (Å²) < 4.78 is 5.46. The van der Waals surface area contributed by atoms with E-state index < -0.39 is 0 Å². The van der Waals surface area contributed by atoms with Gasteiger partial charge in [-0.25, -0.2) is 0 Å². The van der Waals surface area contributed by atoms with Crippen molar-refractivity contribution >= 4 is 17.2 Å². The van der Waals surface area contributed by atoms with Crippen LogP contribution in [0.15, 0.2) is 71.4 Å². The molecule has 2 aromatic carbocycles. The van der Waals surface area contributed by atoms with E-state index in [0.29, 0.717) is 16.7 Å². The zero-order valence-electron chi connectivity index (χ0n) is 14.4. The van der Waals surface area contributed by atoms with Gasteiger partial charge in [-0.3, -0.25) is 0 Å². The molecule has 0 aliphatic carbocycles. The van der Waals surface area contributed by atoms with Gasteiger partial charge >= 0.3 is 0 Å². The van der Waals surface area contributed by atoms with E-state index in [0.717, 1.165) is 24.2 Å². The molecule has 0 fully saturated rings. The van der Waals surface area contributed by atoms with Crippen LogP contribution in [0.3, 0.4) is 0 Å². The molecule has 1 aliphatic heterocycles. The second-order valence-electron chi connectivity index (χ2n) is 6.33. The molecule has 0 amide bonds. The van der Waals surface area contributed by atoms with Crippen molar-refractivity contribution in [3.8, 4) is 11.4 Å². The fourth-order valence-corrected chi connectivity index (χ4v) is 2.96. The number of nitrogens with zero attached hydrogens (tertiary/aromatic N) is 3. The van der Waals surface area contributed by atoms with E-state index in [2.05, 4.69) is 58.5 Å². The normalized spacial score (nSPS) is 13.8. The maximum Gasteiger partial charge on any atom is 0.259 e. The van der Waals surface area contributed by atoms with Crippen molar-refractivity contribution in [3.05, 3.63) is 88.9 Å². The molecule has 2 heterocycles. The van der Waals surface area contributed by atoms with Gasteiger partial charge in [-0.2, -0.15) is 4.98 Å². The molecule has 0 saturated heterocycles. The zero-order valence-corrected chi connectivity index (χ0v) is 15.1. The van der Waals surface area contributed by atoms with Crippen LogP contribution in [0.2, 0.25) is 5.02 Å². The maximum absolute atomic E-state index is 5.93. The van der Waals surface area contributed by atoms with Crippen LogP contribution in [0.4, 0.5) is 0 Å². The molecular weight excluding hydrogens is 346 g/mol. The summed E-state index contributed by atoms with van der Waals surface area (Å²) in [6, 6.07) is 16.0. The molecule has 130 valence electrons. The van der Waals surface area contributed by atoms with Crippen molar-refractivity contribution in [1.29, 1.82) is 0 Å². The molecule has 1 aromatic heterocycles. The number of hydrogen-bond acceptors (Lipinski definition) is 4. The van der Waals surface area contributed by atoms with Gasteiger partial charge in [0.25, 0.3) is 5.89 Å². The summed E-state index contributed by atoms with van der Waals surface area (Å²) in [5, 5.41) is 4.77. The van der Waals surface area contributed by atoms with Gasteiger partial charge < -0.3 is 9.42 Å². The Bertz CT molecular complexity index is 956. The van der Waals surface area contributed by atoms with Gasteiger partial charge in [0.2, 0.25) is 5.82 Å². The number of halogens is 1. The minimum atomic E-state index is 0.514. The largest absolute Gasteiger partial charge is 0.369 e. The minimum absolute atomic E-state index is 0.514. The van der Waals surface area contributed by atoms with Crippen molar-refractivity contribution in [2.45, 2.75) is 13.5 Å². The third-order valence-electron chi connectivity index (χ3n) is 4.24. The summed E-state index contributed by atoms with van der Waals surface area (Å²) in [6.45, 7) is 3.79. The Labute approximate surface area is 157 Å². The van der Waals surface area contributed by atoms with Gasteiger partial charge in [0.15, 0.2) is 0 Å². The predicted molar refractivity (Wildman–Crippen MR) is 103 cm³/mol. The first-order chi connectivity index (χ1) is 12.7. The summed E-state index contributed by atoms with van der Waals surface area (Å²) >= 11 is 5.93. The summed E-state index contributed by atoms with van der Waals surface area (Å²) in [7, 11) is 0. The molecule has 0 saturated carbocycles. The number of hydrogen-bond donors (Lipinski definition) is 0. The van der Waals surface area contributed by atoms with Gasteiger partial charge in [0, 0.05) is 29.9 Å². The van der Waals surface area contributed by atoms with Crippen LogP contribution in [0.5, 0.6) is 0 Å². The van der Waals surface area contributed by atoms with Crippen LogP contribution in [0, 0.1) is 6.92 Å². The lowest BCUT2D eigenvalue weighted by Crippen LogP contribution is -2.19. The van der Waals surface area contributed by atoms with Crippen molar-refractivity contribution < 1.29 is 4.52 Å². The van der Waals surface area contributed by atoms with Crippen molar-refractivity contribution in [1.82, 2.24) is 15.0 Å². The molecule has 26 heavy (non-hydrogen) atoms. The summed E-state index contributed by atoms with van der Waals surface area (Å²) in [5.74, 6) is 1.07. The molecule has 4 nitrogen and oxygen atoms in total. The highest BCUT2D eigenvalue weighted by Crippen LogP contribution is 2.24. The Balaban J connectivity index is 1.53. The molecule has 0 atom stereocenters. The van der Waals surface area contributed by atoms with Crippen LogP contribution in [0.25, 0.3) is 17.0 Å². The van der Waals surface area contributed by atoms with Crippen LogP contribution < -0.4 is 0 Å². The average Bonchev–Trinajstić information content (AvgIpc) is 3.15. The third kappa shape index (κ3) is 3.70. The van der Waals surface area contributed by atoms with Crippen LogP contribution in [-0.2, 0) is 6.54 Å². The second-order valence-corrected chi connectivity index (χ2v) is 6.77. The Morgan fingerprint density at radius 1 is 1.08 bits per heavy atom. The van der Waals surface area contributed by atoms with Crippen molar-refractivity contribution in [2.24, 2.45) is 0 Å².